The molecule has 0 fully saturated rings. The van der Waals surface area contributed by atoms with Gasteiger partial charge in [-0.1, -0.05) is 35.9 Å². The zero-order valence-electron chi connectivity index (χ0n) is 15.4. The third-order valence-electron chi connectivity index (χ3n) is 4.10. The highest BCUT2D eigenvalue weighted by atomic mass is 32.1. The van der Waals surface area contributed by atoms with E-state index >= 15 is 0 Å². The number of esters is 1. The molecule has 7 heteroatoms. The highest BCUT2D eigenvalue weighted by molar-refractivity contribution is 7.20. The molecular formula is C20H20N2O4S. The van der Waals surface area contributed by atoms with E-state index < -0.39 is 17.2 Å². The average molecular weight is 384 g/mol. The Morgan fingerprint density at radius 1 is 1.19 bits per heavy atom. The van der Waals surface area contributed by atoms with Crippen LogP contribution in [-0.2, 0) is 18.3 Å². The van der Waals surface area contributed by atoms with Gasteiger partial charge in [-0.2, -0.15) is 0 Å². The smallest absolute Gasteiger partial charge is 0.348 e. The molecule has 140 valence electrons. The van der Waals surface area contributed by atoms with Crippen LogP contribution < -0.4 is 11.2 Å². The Hall–Kier alpha value is -2.93. The zero-order valence-corrected chi connectivity index (χ0v) is 16.2. The summed E-state index contributed by atoms with van der Waals surface area (Å²) in [6, 6.07) is 10.8. The Labute approximate surface area is 159 Å². The number of nitrogens with zero attached hydrogens (tertiary/aromatic N) is 2. The van der Waals surface area contributed by atoms with Crippen LogP contribution in [-0.4, -0.2) is 21.7 Å². The molecule has 0 saturated heterocycles. The summed E-state index contributed by atoms with van der Waals surface area (Å²) in [7, 11) is 1.60. The second-order valence-electron chi connectivity index (χ2n) is 6.43. The summed E-state index contributed by atoms with van der Waals surface area (Å²) in [4.78, 5) is 38.5. The van der Waals surface area contributed by atoms with Gasteiger partial charge in [0.25, 0.3) is 5.56 Å². The van der Waals surface area contributed by atoms with Crippen molar-refractivity contribution in [2.45, 2.75) is 20.4 Å². The molecule has 0 saturated carbocycles. The minimum Gasteiger partial charge on any atom is -0.457 e. The molecule has 0 aliphatic rings. The predicted molar refractivity (Wildman–Crippen MR) is 107 cm³/mol. The van der Waals surface area contributed by atoms with Crippen LogP contribution in [0.25, 0.3) is 10.2 Å². The molecule has 27 heavy (non-hydrogen) atoms. The van der Waals surface area contributed by atoms with Crippen LogP contribution in [0.4, 0.5) is 0 Å². The van der Waals surface area contributed by atoms with Gasteiger partial charge in [0.05, 0.1) is 11.9 Å². The number of aryl methyl sites for hydroxylation is 1. The first-order valence-corrected chi connectivity index (χ1v) is 9.28. The fourth-order valence-electron chi connectivity index (χ4n) is 2.65. The number of carbonyl (C=O) groups excluding carboxylic acids is 1. The summed E-state index contributed by atoms with van der Waals surface area (Å²) in [5, 5.41) is 0.340. The minimum atomic E-state index is -0.504. The van der Waals surface area contributed by atoms with Crippen LogP contribution >= 0.6 is 11.3 Å². The predicted octanol–water partition coefficient (Wildman–Crippen LogP) is 2.93. The number of hydrogen-bond acceptors (Lipinski definition) is 5. The third-order valence-corrected chi connectivity index (χ3v) is 5.29. The molecule has 0 radical (unpaired) electrons. The van der Waals surface area contributed by atoms with Gasteiger partial charge in [-0.15, -0.1) is 11.3 Å². The van der Waals surface area contributed by atoms with E-state index in [0.29, 0.717) is 15.1 Å². The number of aromatic nitrogens is 2. The maximum Gasteiger partial charge on any atom is 0.348 e. The fraction of sp³-hybridized carbons (Fsp3) is 0.250. The Balaban J connectivity index is 2.01. The summed E-state index contributed by atoms with van der Waals surface area (Å²) in [6.45, 7) is 4.18. The first-order chi connectivity index (χ1) is 12.9. The standard InChI is InChI=1S/C20H20N2O4S/c1-13(2)9-10-26-19(24)16-11-15-17(23)22(12-14-7-5-4-6-8-14)20(25)21(3)18(15)27-16/h4-9,11H,10,12H2,1-3H3. The van der Waals surface area contributed by atoms with Crippen molar-refractivity contribution in [1.29, 1.82) is 0 Å². The number of fused-ring (bicyclic) bond motifs is 1. The SMILES string of the molecule is CC(C)=CCOC(=O)c1cc2c(=O)n(Cc3ccccc3)c(=O)n(C)c2s1. The van der Waals surface area contributed by atoms with Crippen molar-refractivity contribution in [3.05, 3.63) is 79.3 Å². The molecule has 2 heterocycles. The second kappa shape index (κ2) is 7.75. The van der Waals surface area contributed by atoms with Crippen molar-refractivity contribution in [3.63, 3.8) is 0 Å². The minimum absolute atomic E-state index is 0.173. The highest BCUT2D eigenvalue weighted by Gasteiger charge is 2.18. The first kappa shape index (κ1) is 18.8. The number of benzene rings is 1. The van der Waals surface area contributed by atoms with Gasteiger partial charge < -0.3 is 4.74 Å². The molecule has 0 N–H and O–H groups in total. The molecule has 0 aliphatic heterocycles. The lowest BCUT2D eigenvalue weighted by atomic mass is 10.2. The lowest BCUT2D eigenvalue weighted by Gasteiger charge is -2.08. The van der Waals surface area contributed by atoms with Crippen LogP contribution in [0.15, 0.2) is 57.6 Å². The largest absolute Gasteiger partial charge is 0.457 e. The van der Waals surface area contributed by atoms with E-state index in [0.717, 1.165) is 22.5 Å². The van der Waals surface area contributed by atoms with Crippen LogP contribution in [0.3, 0.4) is 0 Å². The van der Waals surface area contributed by atoms with Gasteiger partial charge >= 0.3 is 11.7 Å². The van der Waals surface area contributed by atoms with E-state index in [2.05, 4.69) is 0 Å². The number of allylic oxidation sites excluding steroid dienone is 1. The molecule has 1 aromatic carbocycles. The van der Waals surface area contributed by atoms with Gasteiger partial charge in [0.15, 0.2) is 0 Å². The molecule has 0 atom stereocenters. The topological polar surface area (TPSA) is 70.3 Å². The van der Waals surface area contributed by atoms with E-state index in [9.17, 15) is 14.4 Å². The van der Waals surface area contributed by atoms with Crippen LogP contribution in [0.1, 0.15) is 29.1 Å². The van der Waals surface area contributed by atoms with Crippen molar-refractivity contribution in [1.82, 2.24) is 9.13 Å². The van der Waals surface area contributed by atoms with Crippen molar-refractivity contribution in [2.75, 3.05) is 6.61 Å². The molecule has 2 aromatic heterocycles. The molecule has 6 nitrogen and oxygen atoms in total. The van der Waals surface area contributed by atoms with Crippen molar-refractivity contribution in [2.24, 2.45) is 7.05 Å². The van der Waals surface area contributed by atoms with E-state index in [1.807, 2.05) is 44.2 Å². The van der Waals surface area contributed by atoms with Gasteiger partial charge in [-0.05, 0) is 31.6 Å². The summed E-state index contributed by atoms with van der Waals surface area (Å²) in [5.74, 6) is -0.504. The Morgan fingerprint density at radius 3 is 2.56 bits per heavy atom. The van der Waals surface area contributed by atoms with Crippen LogP contribution in [0, 0.1) is 0 Å². The fourth-order valence-corrected chi connectivity index (χ4v) is 3.64. The Bertz CT molecular complexity index is 1130. The number of rotatable bonds is 5. The number of carbonyl (C=O) groups is 1. The van der Waals surface area contributed by atoms with Crippen LogP contribution in [0.2, 0.25) is 0 Å². The molecular weight excluding hydrogens is 364 g/mol. The molecule has 0 amide bonds. The van der Waals surface area contributed by atoms with Crippen molar-refractivity contribution in [3.8, 4) is 0 Å². The van der Waals surface area contributed by atoms with Gasteiger partial charge in [-0.3, -0.25) is 13.9 Å². The summed E-state index contributed by atoms with van der Waals surface area (Å²) >= 11 is 1.09. The molecule has 0 aliphatic carbocycles. The van der Waals surface area contributed by atoms with Gasteiger partial charge in [0.2, 0.25) is 0 Å². The zero-order chi connectivity index (χ0) is 19.6. The first-order valence-electron chi connectivity index (χ1n) is 8.46. The lowest BCUT2D eigenvalue weighted by molar-refractivity contribution is 0.0555. The quantitative estimate of drug-likeness (QED) is 0.501. The average Bonchev–Trinajstić information content (AvgIpc) is 3.10. The Morgan fingerprint density at radius 2 is 1.89 bits per heavy atom. The number of thiophene rings is 1. The molecule has 3 aromatic rings. The Kier molecular flexibility index (Phi) is 5.41. The van der Waals surface area contributed by atoms with E-state index in [1.165, 1.54) is 15.2 Å². The van der Waals surface area contributed by atoms with Crippen molar-refractivity contribution < 1.29 is 9.53 Å². The van der Waals surface area contributed by atoms with E-state index in [1.54, 1.807) is 13.1 Å². The maximum atomic E-state index is 12.8. The van der Waals surface area contributed by atoms with Gasteiger partial charge in [-0.25, -0.2) is 9.59 Å². The summed E-state index contributed by atoms with van der Waals surface area (Å²) < 4.78 is 7.79. The molecule has 0 unspecified atom stereocenters. The molecule has 3 rings (SSSR count). The van der Waals surface area contributed by atoms with E-state index in [4.69, 9.17) is 4.74 Å². The number of hydrogen-bond donors (Lipinski definition) is 0. The molecule has 0 spiro atoms. The maximum absolute atomic E-state index is 12.8. The third kappa shape index (κ3) is 3.93. The normalized spacial score (nSPS) is 10.8. The highest BCUT2D eigenvalue weighted by Crippen LogP contribution is 2.22. The van der Waals surface area contributed by atoms with Crippen molar-refractivity contribution >= 4 is 27.5 Å². The van der Waals surface area contributed by atoms with Gasteiger partial charge in [0, 0.05) is 7.05 Å². The lowest BCUT2D eigenvalue weighted by Crippen LogP contribution is -2.38. The van der Waals surface area contributed by atoms with Crippen LogP contribution in [0.5, 0.6) is 0 Å². The monoisotopic (exact) mass is 384 g/mol. The second-order valence-corrected chi connectivity index (χ2v) is 7.46. The molecule has 0 bridgehead atoms. The van der Waals surface area contributed by atoms with Gasteiger partial charge in [0.1, 0.15) is 16.3 Å². The number of ether oxygens (including phenoxy) is 1. The summed E-state index contributed by atoms with van der Waals surface area (Å²) in [5.41, 5.74) is 1.08. The van der Waals surface area contributed by atoms with E-state index in [-0.39, 0.29) is 13.2 Å². The summed E-state index contributed by atoms with van der Waals surface area (Å²) in [6.07, 6.45) is 1.80.